The van der Waals surface area contributed by atoms with Crippen LogP contribution in [-0.4, -0.2) is 64.7 Å². The summed E-state index contributed by atoms with van der Waals surface area (Å²) in [6, 6.07) is 7.84. The van der Waals surface area contributed by atoms with E-state index in [1.807, 2.05) is 25.1 Å². The van der Waals surface area contributed by atoms with Gasteiger partial charge in [0.25, 0.3) is 0 Å². The largest absolute Gasteiger partial charge is 0.496 e. The fourth-order valence-electron chi connectivity index (χ4n) is 4.29. The van der Waals surface area contributed by atoms with E-state index in [0.29, 0.717) is 12.1 Å². The summed E-state index contributed by atoms with van der Waals surface area (Å²) in [5.41, 5.74) is 4.98. The minimum Gasteiger partial charge on any atom is -0.496 e. The molecule has 0 saturated carbocycles. The number of nitrogens with one attached hydrogen (secondary N) is 2. The van der Waals surface area contributed by atoms with Crippen molar-refractivity contribution in [2.75, 3.05) is 25.6 Å². The van der Waals surface area contributed by atoms with Gasteiger partial charge in [-0.1, -0.05) is 12.1 Å². The van der Waals surface area contributed by atoms with E-state index in [-0.39, 0.29) is 24.5 Å². The second-order valence-electron chi connectivity index (χ2n) is 8.47. The maximum Gasteiger partial charge on any atom is 0.408 e. The molecule has 12 heteroatoms. The Bertz CT molecular complexity index is 1270. The number of amides is 1. The lowest BCUT2D eigenvalue weighted by molar-refractivity contribution is -0.183. The van der Waals surface area contributed by atoms with Crippen LogP contribution < -0.4 is 15.5 Å². The molecule has 2 aromatic heterocycles. The van der Waals surface area contributed by atoms with Crippen molar-refractivity contribution in [3.8, 4) is 5.75 Å². The molecular formula is C24H25F3N6O3. The van der Waals surface area contributed by atoms with Crippen molar-refractivity contribution in [2.24, 2.45) is 5.10 Å². The molecule has 2 atom stereocenters. The number of fused-ring (bicyclic) bond motifs is 1. The molecular weight excluding hydrogens is 477 g/mol. The van der Waals surface area contributed by atoms with Gasteiger partial charge in [0.05, 0.1) is 24.5 Å². The Morgan fingerprint density at radius 3 is 2.78 bits per heavy atom. The Balaban J connectivity index is 1.44. The number of aromatic nitrogens is 2. The summed E-state index contributed by atoms with van der Waals surface area (Å²) in [6.07, 6.45) is -2.86. The zero-order valence-electron chi connectivity index (χ0n) is 19.6. The van der Waals surface area contributed by atoms with Crippen LogP contribution in [0.2, 0.25) is 0 Å². The van der Waals surface area contributed by atoms with Gasteiger partial charge in [0.2, 0.25) is 0 Å². The Morgan fingerprint density at radius 1 is 1.31 bits per heavy atom. The average molecular weight is 502 g/mol. The van der Waals surface area contributed by atoms with Crippen LogP contribution in [0.1, 0.15) is 29.3 Å². The number of anilines is 1. The number of ether oxygens (including phenoxy) is 1. The van der Waals surface area contributed by atoms with Gasteiger partial charge >= 0.3 is 12.3 Å². The number of nitrogens with zero attached hydrogens (tertiary/aromatic N) is 4. The highest BCUT2D eigenvalue weighted by atomic mass is 19.4. The lowest BCUT2D eigenvalue weighted by atomic mass is 10.1. The summed E-state index contributed by atoms with van der Waals surface area (Å²) in [5.74, 6) is 0.993. The third-order valence-electron chi connectivity index (χ3n) is 5.93. The molecule has 0 spiro atoms. The summed E-state index contributed by atoms with van der Waals surface area (Å²) in [4.78, 5) is 20.6. The van der Waals surface area contributed by atoms with E-state index >= 15 is 0 Å². The second kappa shape index (κ2) is 10.4. The van der Waals surface area contributed by atoms with Gasteiger partial charge in [-0.15, -0.1) is 0 Å². The number of benzene rings is 1. The van der Waals surface area contributed by atoms with Crippen molar-refractivity contribution in [1.29, 1.82) is 0 Å². The first-order chi connectivity index (χ1) is 17.1. The van der Waals surface area contributed by atoms with E-state index in [0.717, 1.165) is 28.4 Å². The molecule has 0 aliphatic carbocycles. The van der Waals surface area contributed by atoms with Crippen molar-refractivity contribution in [3.05, 3.63) is 59.4 Å². The van der Waals surface area contributed by atoms with Crippen molar-refractivity contribution in [2.45, 2.75) is 31.6 Å². The van der Waals surface area contributed by atoms with Gasteiger partial charge in [0.15, 0.2) is 0 Å². The number of methoxy groups -OCH3 is 1. The van der Waals surface area contributed by atoms with Crippen LogP contribution >= 0.6 is 0 Å². The molecule has 1 aliphatic rings. The standard InChI is InChI=1S/C24H25F3N6O3/c1-14-9-15-3-5-17(30-19(15)10-20(14)36-2)12-29-32-21-6-4-16(11-28-21)22(24(25,26)27)33-8-7-18(13-33)31-23(34)35/h3-6,9-12,18,22,31H,7-8,13H2,1-2H3,(H,28,32)(H,34,35)/b29-12+. The summed E-state index contributed by atoms with van der Waals surface area (Å²) < 4.78 is 46.9. The number of carbonyl (C=O) groups is 1. The SMILES string of the molecule is COc1cc2nc(/C=N/Nc3ccc(C(N4CCC(NC(=O)O)C4)C(F)(F)F)cn3)ccc2cc1C. The van der Waals surface area contributed by atoms with Crippen LogP contribution in [0.25, 0.3) is 10.9 Å². The monoisotopic (exact) mass is 502 g/mol. The quantitative estimate of drug-likeness (QED) is 0.326. The van der Waals surface area contributed by atoms with Crippen molar-refractivity contribution in [3.63, 3.8) is 0 Å². The van der Waals surface area contributed by atoms with Crippen molar-refractivity contribution < 1.29 is 27.8 Å². The van der Waals surface area contributed by atoms with Crippen LogP contribution in [0.4, 0.5) is 23.8 Å². The number of hydrogen-bond donors (Lipinski definition) is 3. The molecule has 1 fully saturated rings. The first-order valence-corrected chi connectivity index (χ1v) is 11.1. The Hall–Kier alpha value is -3.93. The lowest BCUT2D eigenvalue weighted by Crippen LogP contribution is -2.40. The zero-order valence-corrected chi connectivity index (χ0v) is 19.6. The molecule has 1 aliphatic heterocycles. The fraction of sp³-hybridized carbons (Fsp3) is 0.333. The van der Waals surface area contributed by atoms with Crippen LogP contribution in [0.15, 0.2) is 47.7 Å². The predicted octanol–water partition coefficient (Wildman–Crippen LogP) is 4.34. The summed E-state index contributed by atoms with van der Waals surface area (Å²) in [6.45, 7) is 2.03. The Kier molecular flexibility index (Phi) is 7.25. The number of aryl methyl sites for hydroxylation is 1. The summed E-state index contributed by atoms with van der Waals surface area (Å²) in [5, 5.41) is 16.1. The summed E-state index contributed by atoms with van der Waals surface area (Å²) in [7, 11) is 1.59. The maximum atomic E-state index is 13.9. The molecule has 1 saturated heterocycles. The molecule has 190 valence electrons. The van der Waals surface area contributed by atoms with Crippen LogP contribution in [0.3, 0.4) is 0 Å². The van der Waals surface area contributed by atoms with Crippen molar-refractivity contribution >= 4 is 29.0 Å². The molecule has 1 aromatic carbocycles. The number of hydrogen-bond acceptors (Lipinski definition) is 7. The topological polar surface area (TPSA) is 112 Å². The predicted molar refractivity (Wildman–Crippen MR) is 128 cm³/mol. The fourth-order valence-corrected chi connectivity index (χ4v) is 4.29. The third-order valence-corrected chi connectivity index (χ3v) is 5.93. The number of likely N-dealkylation sites (tertiary alicyclic amines) is 1. The molecule has 9 nitrogen and oxygen atoms in total. The molecule has 36 heavy (non-hydrogen) atoms. The van der Waals surface area contributed by atoms with E-state index in [9.17, 15) is 18.0 Å². The van der Waals surface area contributed by atoms with Gasteiger partial charge in [-0.25, -0.2) is 14.8 Å². The number of hydrazone groups is 1. The highest BCUT2D eigenvalue weighted by molar-refractivity contribution is 5.86. The highest BCUT2D eigenvalue weighted by Crippen LogP contribution is 2.39. The van der Waals surface area contributed by atoms with Gasteiger partial charge in [0.1, 0.15) is 17.6 Å². The zero-order chi connectivity index (χ0) is 25.9. The third kappa shape index (κ3) is 5.82. The Morgan fingerprint density at radius 2 is 2.11 bits per heavy atom. The minimum absolute atomic E-state index is 0.0339. The number of carboxylic acid groups (broad SMARTS) is 1. The first kappa shape index (κ1) is 25.2. The van der Waals surface area contributed by atoms with Gasteiger partial charge in [-0.2, -0.15) is 18.3 Å². The summed E-state index contributed by atoms with van der Waals surface area (Å²) >= 11 is 0. The van der Waals surface area contributed by atoms with E-state index in [1.54, 1.807) is 13.2 Å². The second-order valence-corrected chi connectivity index (χ2v) is 8.47. The molecule has 3 aromatic rings. The van der Waals surface area contributed by atoms with Gasteiger partial charge in [-0.3, -0.25) is 10.3 Å². The van der Waals surface area contributed by atoms with Gasteiger partial charge in [-0.05, 0) is 42.7 Å². The Labute approximate surface area is 205 Å². The molecule has 1 amide bonds. The average Bonchev–Trinajstić information content (AvgIpc) is 3.25. The normalized spacial score (nSPS) is 17.4. The number of alkyl halides is 3. The molecule has 0 bridgehead atoms. The van der Waals surface area contributed by atoms with E-state index in [2.05, 4.69) is 25.8 Å². The highest BCUT2D eigenvalue weighted by Gasteiger charge is 2.47. The maximum absolute atomic E-state index is 13.9. The number of rotatable bonds is 7. The molecule has 3 N–H and O–H groups in total. The minimum atomic E-state index is -4.55. The molecule has 3 heterocycles. The number of halogens is 3. The van der Waals surface area contributed by atoms with Crippen LogP contribution in [0, 0.1) is 6.92 Å². The van der Waals surface area contributed by atoms with E-state index < -0.39 is 24.4 Å². The van der Waals surface area contributed by atoms with Gasteiger partial charge in [0, 0.05) is 36.8 Å². The van der Waals surface area contributed by atoms with Crippen LogP contribution in [-0.2, 0) is 0 Å². The van der Waals surface area contributed by atoms with Crippen molar-refractivity contribution in [1.82, 2.24) is 20.2 Å². The lowest BCUT2D eigenvalue weighted by Gasteiger charge is -2.30. The molecule has 2 unspecified atom stereocenters. The number of pyridine rings is 2. The molecule has 0 radical (unpaired) electrons. The van der Waals surface area contributed by atoms with E-state index in [1.165, 1.54) is 23.2 Å². The van der Waals surface area contributed by atoms with Crippen LogP contribution in [0.5, 0.6) is 5.75 Å². The van der Waals surface area contributed by atoms with E-state index in [4.69, 9.17) is 9.84 Å². The molecule has 4 rings (SSSR count). The van der Waals surface area contributed by atoms with Gasteiger partial charge < -0.3 is 15.2 Å². The smallest absolute Gasteiger partial charge is 0.408 e. The first-order valence-electron chi connectivity index (χ1n) is 11.1.